The second-order valence-electron chi connectivity index (χ2n) is 4.48. The van der Waals surface area contributed by atoms with Gasteiger partial charge in [0, 0.05) is 0 Å². The maximum atomic E-state index is 5.82. The monoisotopic (exact) mass is 236 g/mol. The van der Waals surface area contributed by atoms with E-state index in [1.165, 1.54) is 16.0 Å². The fourth-order valence-electron chi connectivity index (χ4n) is 2.14. The Morgan fingerprint density at radius 1 is 1.06 bits per heavy atom. The fraction of sp³-hybridized carbons (Fsp3) is 0.571. The summed E-state index contributed by atoms with van der Waals surface area (Å²) >= 11 is 0. The minimum Gasteiger partial charge on any atom is -0.343 e. The highest BCUT2D eigenvalue weighted by atomic mass is 16.7. The first kappa shape index (κ1) is 12.6. The van der Waals surface area contributed by atoms with Crippen LogP contribution in [0.25, 0.3) is 0 Å². The van der Waals surface area contributed by atoms with Crippen LogP contribution in [0.2, 0.25) is 0 Å². The first-order valence-electron chi connectivity index (χ1n) is 6.47. The van der Waals surface area contributed by atoms with E-state index in [1.54, 1.807) is 0 Å². The molecule has 0 radical (unpaired) electrons. The Bertz CT molecular complexity index is 323. The summed E-state index contributed by atoms with van der Waals surface area (Å²) in [6.45, 7) is 8.90. The van der Waals surface area contributed by atoms with Crippen LogP contribution in [0, 0.1) is 0 Å². The van der Waals surface area contributed by atoms with Crippen LogP contribution in [-0.2, 0) is 22.7 Å². The van der Waals surface area contributed by atoms with Crippen molar-refractivity contribution in [3.05, 3.63) is 35.4 Å². The third kappa shape index (κ3) is 3.28. The van der Waals surface area contributed by atoms with Gasteiger partial charge >= 0.3 is 0 Å². The second-order valence-corrected chi connectivity index (χ2v) is 4.48. The Labute approximate surface area is 103 Å². The summed E-state index contributed by atoms with van der Waals surface area (Å²) in [6.07, 6.45) is -0.0719. The highest BCUT2D eigenvalue weighted by Crippen LogP contribution is 2.17. The summed E-state index contributed by atoms with van der Waals surface area (Å²) < 4.78 is 11.6. The molecule has 0 aliphatic carbocycles. The van der Waals surface area contributed by atoms with Crippen molar-refractivity contribution in [2.75, 3.05) is 19.6 Å². The van der Waals surface area contributed by atoms with E-state index in [1.807, 2.05) is 0 Å². The number of hydrogen-bond donors (Lipinski definition) is 1. The molecule has 1 aliphatic heterocycles. The normalized spacial score (nSPS) is 16.9. The van der Waals surface area contributed by atoms with E-state index in [0.29, 0.717) is 13.2 Å². The summed E-state index contributed by atoms with van der Waals surface area (Å²) in [5.41, 5.74) is 2.51. The van der Waals surface area contributed by atoms with Crippen LogP contribution in [0.3, 0.4) is 0 Å². The van der Waals surface area contributed by atoms with Crippen LogP contribution in [0.4, 0.5) is 0 Å². The van der Waals surface area contributed by atoms with Crippen LogP contribution in [0.1, 0.15) is 25.0 Å². The lowest BCUT2D eigenvalue weighted by Gasteiger charge is -2.21. The van der Waals surface area contributed by atoms with Crippen LogP contribution in [-0.4, -0.2) is 25.9 Å². The number of ether oxygens (including phenoxy) is 2. The molecule has 3 heteroatoms. The zero-order valence-electron chi connectivity index (χ0n) is 10.7. The smallest absolute Gasteiger partial charge is 0.208 e. The van der Waals surface area contributed by atoms with E-state index in [9.17, 15) is 0 Å². The molecule has 0 saturated carbocycles. The molecule has 0 atom stereocenters. The van der Waals surface area contributed by atoms with Crippen molar-refractivity contribution in [3.63, 3.8) is 0 Å². The van der Waals surface area contributed by atoms with E-state index in [-0.39, 0.29) is 6.29 Å². The van der Waals surface area contributed by atoms with Crippen LogP contribution in [0.15, 0.2) is 24.3 Å². The van der Waals surface area contributed by atoms with Gasteiger partial charge in [0.15, 0.2) is 0 Å². The molecule has 1 aromatic carbocycles. The predicted molar refractivity (Wildman–Crippen MR) is 66.7 cm³/mol. The molecule has 2 rings (SSSR count). The van der Waals surface area contributed by atoms with Gasteiger partial charge in [-0.3, -0.25) is 0 Å². The zero-order chi connectivity index (χ0) is 12.1. The number of benzene rings is 1. The first-order chi connectivity index (χ1) is 8.33. The minimum absolute atomic E-state index is 0.0719. The van der Waals surface area contributed by atoms with E-state index in [4.69, 9.17) is 9.47 Å². The Balaban J connectivity index is 1.95. The number of rotatable bonds is 4. The third-order valence-electron chi connectivity index (χ3n) is 3.42. The van der Waals surface area contributed by atoms with E-state index < -0.39 is 0 Å². The zero-order valence-corrected chi connectivity index (χ0v) is 10.7. The standard InChI is InChI=1S/C14H21NO2/c1-3-15(4-2)9-14-16-10-12-7-5-6-8-13(12)11-17-14/h5-8,14H,3-4,9-11H2,1-2H3/p+1. The average Bonchev–Trinajstić information content (AvgIpc) is 2.58. The second kappa shape index (κ2) is 6.15. The maximum absolute atomic E-state index is 5.82. The Hall–Kier alpha value is -0.900. The van der Waals surface area contributed by atoms with Crippen molar-refractivity contribution in [1.29, 1.82) is 0 Å². The predicted octanol–water partition coefficient (Wildman–Crippen LogP) is 0.984. The van der Waals surface area contributed by atoms with Gasteiger partial charge in [0.05, 0.1) is 26.3 Å². The molecule has 1 aliphatic rings. The Morgan fingerprint density at radius 3 is 2.06 bits per heavy atom. The van der Waals surface area contributed by atoms with E-state index >= 15 is 0 Å². The lowest BCUT2D eigenvalue weighted by Crippen LogP contribution is -3.12. The average molecular weight is 236 g/mol. The van der Waals surface area contributed by atoms with Crippen LogP contribution >= 0.6 is 0 Å². The summed E-state index contributed by atoms with van der Waals surface area (Å²) in [5, 5.41) is 0. The largest absolute Gasteiger partial charge is 0.343 e. The molecule has 0 unspecified atom stereocenters. The third-order valence-corrected chi connectivity index (χ3v) is 3.42. The van der Waals surface area contributed by atoms with Crippen molar-refractivity contribution in [1.82, 2.24) is 0 Å². The van der Waals surface area contributed by atoms with Gasteiger partial charge in [0.2, 0.25) is 6.29 Å². The molecule has 0 aromatic heterocycles. The molecule has 3 nitrogen and oxygen atoms in total. The number of likely N-dealkylation sites (N-methyl/N-ethyl adjacent to an activating group) is 1. The van der Waals surface area contributed by atoms with Gasteiger partial charge in [-0.2, -0.15) is 0 Å². The topological polar surface area (TPSA) is 22.9 Å². The SMILES string of the molecule is CC[NH+](CC)CC1OCc2ccccc2CO1. The van der Waals surface area contributed by atoms with Gasteiger partial charge in [-0.25, -0.2) is 0 Å². The highest BCUT2D eigenvalue weighted by molar-refractivity contribution is 5.26. The van der Waals surface area contributed by atoms with Gasteiger partial charge in [0.1, 0.15) is 6.54 Å². The summed E-state index contributed by atoms with van der Waals surface area (Å²) in [5.74, 6) is 0. The van der Waals surface area contributed by atoms with Crippen LogP contribution < -0.4 is 4.90 Å². The van der Waals surface area contributed by atoms with Crippen molar-refractivity contribution in [2.45, 2.75) is 33.4 Å². The molecular formula is C14H22NO2+. The van der Waals surface area contributed by atoms with Crippen molar-refractivity contribution in [3.8, 4) is 0 Å². The summed E-state index contributed by atoms with van der Waals surface area (Å²) in [7, 11) is 0. The summed E-state index contributed by atoms with van der Waals surface area (Å²) in [6, 6.07) is 8.34. The molecule has 17 heavy (non-hydrogen) atoms. The van der Waals surface area contributed by atoms with Gasteiger partial charge < -0.3 is 14.4 Å². The molecule has 94 valence electrons. The van der Waals surface area contributed by atoms with Gasteiger partial charge in [-0.15, -0.1) is 0 Å². The fourth-order valence-corrected chi connectivity index (χ4v) is 2.14. The molecule has 1 heterocycles. The first-order valence-corrected chi connectivity index (χ1v) is 6.47. The lowest BCUT2D eigenvalue weighted by atomic mass is 10.1. The quantitative estimate of drug-likeness (QED) is 0.842. The molecule has 0 spiro atoms. The molecular weight excluding hydrogens is 214 g/mol. The Morgan fingerprint density at radius 2 is 1.59 bits per heavy atom. The van der Waals surface area contributed by atoms with Crippen molar-refractivity contribution < 1.29 is 14.4 Å². The maximum Gasteiger partial charge on any atom is 0.208 e. The van der Waals surface area contributed by atoms with Gasteiger partial charge in [-0.05, 0) is 25.0 Å². The molecule has 0 amide bonds. The van der Waals surface area contributed by atoms with E-state index in [2.05, 4.69) is 38.1 Å². The number of nitrogens with one attached hydrogen (secondary N) is 1. The molecule has 1 N–H and O–H groups in total. The lowest BCUT2D eigenvalue weighted by molar-refractivity contribution is -0.902. The minimum atomic E-state index is -0.0719. The molecule has 0 saturated heterocycles. The number of hydrogen-bond acceptors (Lipinski definition) is 2. The Kier molecular flexibility index (Phi) is 4.54. The summed E-state index contributed by atoms with van der Waals surface area (Å²) in [4.78, 5) is 1.51. The highest BCUT2D eigenvalue weighted by Gasteiger charge is 2.20. The molecule has 1 aromatic rings. The number of quaternary nitrogens is 1. The van der Waals surface area contributed by atoms with E-state index in [0.717, 1.165) is 19.6 Å². The molecule has 0 fully saturated rings. The van der Waals surface area contributed by atoms with Gasteiger partial charge in [-0.1, -0.05) is 24.3 Å². The van der Waals surface area contributed by atoms with Crippen molar-refractivity contribution in [2.24, 2.45) is 0 Å². The molecule has 0 bridgehead atoms. The van der Waals surface area contributed by atoms with Crippen molar-refractivity contribution >= 4 is 0 Å². The van der Waals surface area contributed by atoms with Crippen LogP contribution in [0.5, 0.6) is 0 Å². The van der Waals surface area contributed by atoms with Gasteiger partial charge in [0.25, 0.3) is 0 Å². The number of fused-ring (bicyclic) bond motifs is 1.